The summed E-state index contributed by atoms with van der Waals surface area (Å²) in [6.45, 7) is 2.64. The summed E-state index contributed by atoms with van der Waals surface area (Å²) >= 11 is 0. The van der Waals surface area contributed by atoms with E-state index in [2.05, 4.69) is 20.6 Å². The van der Waals surface area contributed by atoms with Gasteiger partial charge in [-0.15, -0.1) is 0 Å². The molecule has 1 aromatic carbocycles. The third-order valence-electron chi connectivity index (χ3n) is 2.36. The predicted octanol–water partition coefficient (Wildman–Crippen LogP) is 2.66. The molecule has 0 aliphatic carbocycles. The van der Waals surface area contributed by atoms with Gasteiger partial charge in [0.05, 0.1) is 6.61 Å². The maximum Gasteiger partial charge on any atom is 0.135 e. The lowest BCUT2D eigenvalue weighted by molar-refractivity contribution is 0.340. The molecule has 2 aromatic rings. The Morgan fingerprint density at radius 3 is 2.50 bits per heavy atom. The first-order valence-corrected chi connectivity index (χ1v) is 5.81. The average molecular weight is 244 g/mol. The van der Waals surface area contributed by atoms with Crippen LogP contribution in [0, 0.1) is 0 Å². The molecule has 0 saturated carbocycles. The molecular weight excluding hydrogens is 228 g/mol. The lowest BCUT2D eigenvalue weighted by atomic mass is 10.3. The molecule has 2 rings (SSSR count). The van der Waals surface area contributed by atoms with Crippen molar-refractivity contribution in [3.63, 3.8) is 0 Å². The Morgan fingerprint density at radius 2 is 1.83 bits per heavy atom. The number of nitrogens with one attached hydrogen (secondary N) is 2. The molecule has 5 heteroatoms. The van der Waals surface area contributed by atoms with E-state index in [1.165, 1.54) is 6.33 Å². The quantitative estimate of drug-likeness (QED) is 0.846. The van der Waals surface area contributed by atoms with Crippen LogP contribution in [0.4, 0.5) is 17.3 Å². The number of benzene rings is 1. The molecule has 0 aliphatic rings. The fourth-order valence-electron chi connectivity index (χ4n) is 1.51. The lowest BCUT2D eigenvalue weighted by Gasteiger charge is -2.08. The maximum absolute atomic E-state index is 5.38. The Morgan fingerprint density at radius 1 is 1.11 bits per heavy atom. The van der Waals surface area contributed by atoms with E-state index >= 15 is 0 Å². The Hall–Kier alpha value is -2.30. The van der Waals surface area contributed by atoms with Crippen molar-refractivity contribution in [2.75, 3.05) is 24.3 Å². The second-order valence-electron chi connectivity index (χ2n) is 3.62. The number of rotatable bonds is 5. The van der Waals surface area contributed by atoms with Crippen LogP contribution in [0.2, 0.25) is 0 Å². The second kappa shape index (κ2) is 5.86. The Bertz CT molecular complexity index is 499. The van der Waals surface area contributed by atoms with Crippen LogP contribution < -0.4 is 15.4 Å². The van der Waals surface area contributed by atoms with Crippen molar-refractivity contribution in [3.8, 4) is 5.75 Å². The zero-order chi connectivity index (χ0) is 12.8. The van der Waals surface area contributed by atoms with Crippen LogP contribution in [-0.4, -0.2) is 23.6 Å². The Kier molecular flexibility index (Phi) is 3.96. The topological polar surface area (TPSA) is 59.1 Å². The molecule has 0 unspecified atom stereocenters. The van der Waals surface area contributed by atoms with Gasteiger partial charge in [-0.3, -0.25) is 0 Å². The zero-order valence-electron chi connectivity index (χ0n) is 10.5. The summed E-state index contributed by atoms with van der Waals surface area (Å²) in [4.78, 5) is 8.20. The summed E-state index contributed by atoms with van der Waals surface area (Å²) in [6, 6.07) is 9.59. The van der Waals surface area contributed by atoms with Crippen molar-refractivity contribution < 1.29 is 4.74 Å². The molecule has 5 nitrogen and oxygen atoms in total. The molecule has 0 bridgehead atoms. The van der Waals surface area contributed by atoms with Crippen molar-refractivity contribution in [3.05, 3.63) is 36.7 Å². The minimum atomic E-state index is 0.671. The van der Waals surface area contributed by atoms with Crippen LogP contribution in [0.1, 0.15) is 6.92 Å². The van der Waals surface area contributed by atoms with E-state index in [4.69, 9.17) is 4.74 Å². The molecule has 1 aromatic heterocycles. The first kappa shape index (κ1) is 12.2. The second-order valence-corrected chi connectivity index (χ2v) is 3.62. The SMILES string of the molecule is CCOc1ccc(Nc2cc(NC)ncn2)cc1. The molecule has 18 heavy (non-hydrogen) atoms. The molecule has 94 valence electrons. The minimum absolute atomic E-state index is 0.671. The van der Waals surface area contributed by atoms with Crippen LogP contribution in [-0.2, 0) is 0 Å². The van der Waals surface area contributed by atoms with Crippen molar-refractivity contribution in [2.24, 2.45) is 0 Å². The van der Waals surface area contributed by atoms with Crippen LogP contribution in [0.15, 0.2) is 36.7 Å². The highest BCUT2D eigenvalue weighted by Crippen LogP contribution is 2.19. The number of ether oxygens (including phenoxy) is 1. The molecular formula is C13H16N4O. The number of nitrogens with zero attached hydrogens (tertiary/aromatic N) is 2. The van der Waals surface area contributed by atoms with Gasteiger partial charge in [-0.25, -0.2) is 9.97 Å². The molecule has 0 fully saturated rings. The predicted molar refractivity (Wildman–Crippen MR) is 72.5 cm³/mol. The monoisotopic (exact) mass is 244 g/mol. The average Bonchev–Trinajstić information content (AvgIpc) is 2.42. The zero-order valence-corrected chi connectivity index (χ0v) is 10.5. The highest BCUT2D eigenvalue weighted by atomic mass is 16.5. The molecule has 0 amide bonds. The van der Waals surface area contributed by atoms with E-state index in [9.17, 15) is 0 Å². The van der Waals surface area contributed by atoms with Gasteiger partial charge in [0.1, 0.15) is 23.7 Å². The summed E-state index contributed by atoms with van der Waals surface area (Å²) < 4.78 is 5.38. The smallest absolute Gasteiger partial charge is 0.135 e. The van der Waals surface area contributed by atoms with Crippen molar-refractivity contribution >= 4 is 17.3 Å². The van der Waals surface area contributed by atoms with E-state index in [-0.39, 0.29) is 0 Å². The lowest BCUT2D eigenvalue weighted by Crippen LogP contribution is -1.98. The number of hydrogen-bond donors (Lipinski definition) is 2. The van der Waals surface area contributed by atoms with Gasteiger partial charge in [0, 0.05) is 18.8 Å². The molecule has 0 spiro atoms. The third-order valence-corrected chi connectivity index (χ3v) is 2.36. The summed E-state index contributed by atoms with van der Waals surface area (Å²) in [5.74, 6) is 2.39. The fraction of sp³-hybridized carbons (Fsp3) is 0.231. The minimum Gasteiger partial charge on any atom is -0.494 e. The van der Waals surface area contributed by atoms with E-state index in [1.54, 1.807) is 0 Å². The summed E-state index contributed by atoms with van der Waals surface area (Å²) in [5.41, 5.74) is 0.958. The van der Waals surface area contributed by atoms with Gasteiger partial charge in [-0.05, 0) is 31.2 Å². The number of hydrogen-bond acceptors (Lipinski definition) is 5. The van der Waals surface area contributed by atoms with Gasteiger partial charge in [0.15, 0.2) is 0 Å². The van der Waals surface area contributed by atoms with Gasteiger partial charge >= 0.3 is 0 Å². The van der Waals surface area contributed by atoms with Gasteiger partial charge in [-0.2, -0.15) is 0 Å². The van der Waals surface area contributed by atoms with Crippen LogP contribution in [0.25, 0.3) is 0 Å². The Labute approximate surface area is 106 Å². The van der Waals surface area contributed by atoms with Gasteiger partial charge in [0.25, 0.3) is 0 Å². The standard InChI is InChI=1S/C13H16N4O/c1-3-18-11-6-4-10(5-7-11)17-13-8-12(14-2)15-9-16-13/h4-9H,3H2,1-2H3,(H2,14,15,16,17). The molecule has 0 aliphatic heterocycles. The summed E-state index contributed by atoms with van der Waals surface area (Å²) in [7, 11) is 1.82. The maximum atomic E-state index is 5.38. The van der Waals surface area contributed by atoms with Gasteiger partial charge in [0.2, 0.25) is 0 Å². The highest BCUT2D eigenvalue weighted by molar-refractivity contribution is 5.59. The molecule has 0 radical (unpaired) electrons. The van der Waals surface area contributed by atoms with Gasteiger partial charge < -0.3 is 15.4 Å². The van der Waals surface area contributed by atoms with Gasteiger partial charge in [-0.1, -0.05) is 0 Å². The highest BCUT2D eigenvalue weighted by Gasteiger charge is 1.99. The van der Waals surface area contributed by atoms with Crippen LogP contribution >= 0.6 is 0 Å². The molecule has 2 N–H and O–H groups in total. The molecule has 0 saturated heterocycles. The van der Waals surface area contributed by atoms with Crippen molar-refractivity contribution in [2.45, 2.75) is 6.92 Å². The molecule has 0 atom stereocenters. The van der Waals surface area contributed by atoms with Crippen molar-refractivity contribution in [1.29, 1.82) is 0 Å². The largest absolute Gasteiger partial charge is 0.494 e. The first-order chi connectivity index (χ1) is 8.81. The number of aromatic nitrogens is 2. The van der Waals surface area contributed by atoms with E-state index in [0.717, 1.165) is 23.1 Å². The van der Waals surface area contributed by atoms with E-state index < -0.39 is 0 Å². The summed E-state index contributed by atoms with van der Waals surface area (Å²) in [6.07, 6.45) is 1.52. The van der Waals surface area contributed by atoms with Crippen molar-refractivity contribution in [1.82, 2.24) is 9.97 Å². The fourth-order valence-corrected chi connectivity index (χ4v) is 1.51. The Balaban J connectivity index is 2.08. The third kappa shape index (κ3) is 3.10. The van der Waals surface area contributed by atoms with Crippen LogP contribution in [0.5, 0.6) is 5.75 Å². The van der Waals surface area contributed by atoms with Crippen LogP contribution in [0.3, 0.4) is 0 Å². The van der Waals surface area contributed by atoms with E-state index in [0.29, 0.717) is 6.61 Å². The molecule has 1 heterocycles. The summed E-state index contributed by atoms with van der Waals surface area (Å²) in [5, 5.41) is 6.17. The van der Waals surface area contributed by atoms with E-state index in [1.807, 2.05) is 44.3 Å². The normalized spacial score (nSPS) is 9.89. The first-order valence-electron chi connectivity index (χ1n) is 5.81. The number of anilines is 3.